The van der Waals surface area contributed by atoms with Gasteiger partial charge in [0.15, 0.2) is 5.69 Å². The number of hydrogen-bond donors (Lipinski definition) is 1. The third-order valence-corrected chi connectivity index (χ3v) is 3.22. The number of nitrogens with one attached hydrogen (secondary N) is 1. The Morgan fingerprint density at radius 2 is 1.70 bits per heavy atom. The van der Waals surface area contributed by atoms with Crippen LogP contribution in [0.25, 0.3) is 0 Å². The highest BCUT2D eigenvalue weighted by atomic mass is 19.4. The average molecular weight is 331 g/mol. The lowest BCUT2D eigenvalue weighted by Crippen LogP contribution is -2.20. The van der Waals surface area contributed by atoms with Crippen LogP contribution in [0.15, 0.2) is 30.3 Å². The highest BCUT2D eigenvalue weighted by Crippen LogP contribution is 2.30. The summed E-state index contributed by atoms with van der Waals surface area (Å²) >= 11 is 0. The zero-order valence-electron chi connectivity index (χ0n) is 12.3. The monoisotopic (exact) mass is 331 g/mol. The van der Waals surface area contributed by atoms with Gasteiger partial charge in [-0.25, -0.2) is 8.78 Å². The lowest BCUT2D eigenvalue weighted by Gasteiger charge is -2.23. The SMILES string of the molecule is CC(C)C(Nc1ccc(C(F)(F)F)nn1)c1ccc(F)cc1F. The Balaban J connectivity index is 2.26. The molecule has 2 aromatic rings. The third-order valence-electron chi connectivity index (χ3n) is 3.22. The number of rotatable bonds is 4. The lowest BCUT2D eigenvalue weighted by atomic mass is 9.95. The molecule has 3 nitrogen and oxygen atoms in total. The molecular formula is C15H14F5N3. The van der Waals surface area contributed by atoms with E-state index in [4.69, 9.17) is 0 Å². The third kappa shape index (κ3) is 4.14. The van der Waals surface area contributed by atoms with Crippen molar-refractivity contribution in [2.45, 2.75) is 26.1 Å². The van der Waals surface area contributed by atoms with Crippen LogP contribution < -0.4 is 5.32 Å². The molecule has 0 saturated carbocycles. The number of benzene rings is 1. The van der Waals surface area contributed by atoms with Crippen molar-refractivity contribution in [3.8, 4) is 0 Å². The minimum absolute atomic E-state index is 0.0698. The Morgan fingerprint density at radius 1 is 1.00 bits per heavy atom. The number of halogens is 5. The van der Waals surface area contributed by atoms with E-state index in [1.807, 2.05) is 0 Å². The van der Waals surface area contributed by atoms with Gasteiger partial charge in [-0.05, 0) is 24.1 Å². The summed E-state index contributed by atoms with van der Waals surface area (Å²) in [5.74, 6) is -1.50. The molecule has 0 amide bonds. The molecule has 1 aromatic heterocycles. The standard InChI is InChI=1S/C15H14F5N3/c1-8(2)14(10-4-3-9(16)7-11(10)17)21-13-6-5-12(22-23-13)15(18,19)20/h3-8,14H,1-2H3,(H,21,23). The van der Waals surface area contributed by atoms with Gasteiger partial charge < -0.3 is 5.32 Å². The van der Waals surface area contributed by atoms with Crippen molar-refractivity contribution in [2.75, 3.05) is 5.32 Å². The molecule has 1 heterocycles. The Hall–Kier alpha value is -2.25. The molecule has 23 heavy (non-hydrogen) atoms. The van der Waals surface area contributed by atoms with Crippen molar-refractivity contribution in [1.82, 2.24) is 10.2 Å². The highest BCUT2D eigenvalue weighted by molar-refractivity contribution is 5.38. The van der Waals surface area contributed by atoms with Crippen molar-refractivity contribution in [2.24, 2.45) is 5.92 Å². The molecule has 0 aliphatic heterocycles. The summed E-state index contributed by atoms with van der Waals surface area (Å²) in [5.41, 5.74) is -0.916. The first kappa shape index (κ1) is 17.1. The van der Waals surface area contributed by atoms with Crippen molar-refractivity contribution >= 4 is 5.82 Å². The average Bonchev–Trinajstić information content (AvgIpc) is 2.45. The van der Waals surface area contributed by atoms with E-state index in [9.17, 15) is 22.0 Å². The predicted octanol–water partition coefficient (Wildman–Crippen LogP) is 4.58. The van der Waals surface area contributed by atoms with Gasteiger partial charge in [-0.3, -0.25) is 0 Å². The molecule has 8 heteroatoms. The molecule has 0 bridgehead atoms. The Kier molecular flexibility index (Phi) is 4.82. The maximum absolute atomic E-state index is 13.9. The van der Waals surface area contributed by atoms with Crippen LogP contribution in [0, 0.1) is 17.6 Å². The minimum atomic E-state index is -4.58. The Labute approximate surface area is 129 Å². The van der Waals surface area contributed by atoms with E-state index in [2.05, 4.69) is 15.5 Å². The van der Waals surface area contributed by atoms with Crippen molar-refractivity contribution < 1.29 is 22.0 Å². The van der Waals surface area contributed by atoms with Gasteiger partial charge in [-0.15, -0.1) is 10.2 Å². The lowest BCUT2D eigenvalue weighted by molar-refractivity contribution is -0.141. The fourth-order valence-corrected chi connectivity index (χ4v) is 2.08. The number of hydrogen-bond acceptors (Lipinski definition) is 3. The Morgan fingerprint density at radius 3 is 2.17 bits per heavy atom. The molecule has 0 spiro atoms. The molecule has 1 N–H and O–H groups in total. The number of anilines is 1. The fraction of sp³-hybridized carbons (Fsp3) is 0.333. The molecular weight excluding hydrogens is 317 g/mol. The van der Waals surface area contributed by atoms with E-state index in [0.717, 1.165) is 24.3 Å². The van der Waals surface area contributed by atoms with E-state index in [-0.39, 0.29) is 17.3 Å². The van der Waals surface area contributed by atoms with Crippen LogP contribution in [0.2, 0.25) is 0 Å². The van der Waals surface area contributed by atoms with Gasteiger partial charge in [0.2, 0.25) is 0 Å². The second-order valence-electron chi connectivity index (χ2n) is 5.33. The molecule has 2 rings (SSSR count). The normalized spacial score (nSPS) is 13.2. The summed E-state index contributed by atoms with van der Waals surface area (Å²) < 4.78 is 64.3. The summed E-state index contributed by atoms with van der Waals surface area (Å²) in [4.78, 5) is 0. The number of nitrogens with zero attached hydrogens (tertiary/aromatic N) is 2. The van der Waals surface area contributed by atoms with Gasteiger partial charge in [-0.2, -0.15) is 13.2 Å². The van der Waals surface area contributed by atoms with Crippen molar-refractivity contribution in [3.63, 3.8) is 0 Å². The van der Waals surface area contributed by atoms with E-state index in [1.54, 1.807) is 13.8 Å². The van der Waals surface area contributed by atoms with Crippen LogP contribution in [0.3, 0.4) is 0 Å². The van der Waals surface area contributed by atoms with Crippen molar-refractivity contribution in [1.29, 1.82) is 0 Å². The quantitative estimate of drug-likeness (QED) is 0.833. The summed E-state index contributed by atoms with van der Waals surface area (Å²) in [5, 5.41) is 9.39. The first-order valence-corrected chi connectivity index (χ1v) is 6.81. The summed E-state index contributed by atoms with van der Waals surface area (Å²) in [6, 6.07) is 4.47. The van der Waals surface area contributed by atoms with E-state index in [1.165, 1.54) is 6.07 Å². The molecule has 1 aromatic carbocycles. The largest absolute Gasteiger partial charge is 0.435 e. The maximum Gasteiger partial charge on any atom is 0.435 e. The first-order valence-electron chi connectivity index (χ1n) is 6.81. The molecule has 0 saturated heterocycles. The molecule has 0 aliphatic rings. The van der Waals surface area contributed by atoms with Gasteiger partial charge in [-0.1, -0.05) is 19.9 Å². The second-order valence-corrected chi connectivity index (χ2v) is 5.33. The smallest absolute Gasteiger partial charge is 0.361 e. The van der Waals surface area contributed by atoms with Crippen LogP contribution in [0.5, 0.6) is 0 Å². The van der Waals surface area contributed by atoms with Crippen LogP contribution in [-0.2, 0) is 6.18 Å². The van der Waals surface area contributed by atoms with Crippen LogP contribution in [0.1, 0.15) is 31.1 Å². The predicted molar refractivity (Wildman–Crippen MR) is 74.6 cm³/mol. The first-order chi connectivity index (χ1) is 10.7. The number of alkyl halides is 3. The van der Waals surface area contributed by atoms with Crippen LogP contribution in [-0.4, -0.2) is 10.2 Å². The topological polar surface area (TPSA) is 37.8 Å². The highest BCUT2D eigenvalue weighted by Gasteiger charge is 2.33. The van der Waals surface area contributed by atoms with E-state index < -0.39 is 29.5 Å². The molecule has 0 fully saturated rings. The summed E-state index contributed by atoms with van der Waals surface area (Å²) in [6.07, 6.45) is -4.58. The van der Waals surface area contributed by atoms with E-state index in [0.29, 0.717) is 0 Å². The van der Waals surface area contributed by atoms with E-state index >= 15 is 0 Å². The van der Waals surface area contributed by atoms with Gasteiger partial charge in [0.05, 0.1) is 6.04 Å². The Bertz CT molecular complexity index is 668. The zero-order valence-corrected chi connectivity index (χ0v) is 12.3. The summed E-state index contributed by atoms with van der Waals surface area (Å²) in [7, 11) is 0. The minimum Gasteiger partial charge on any atom is -0.361 e. The van der Waals surface area contributed by atoms with Gasteiger partial charge >= 0.3 is 6.18 Å². The second kappa shape index (κ2) is 6.47. The molecule has 1 atom stereocenters. The molecule has 0 aliphatic carbocycles. The summed E-state index contributed by atoms with van der Waals surface area (Å²) in [6.45, 7) is 3.58. The molecule has 124 valence electrons. The van der Waals surface area contributed by atoms with Gasteiger partial charge in [0.1, 0.15) is 17.5 Å². The number of aromatic nitrogens is 2. The molecule has 1 unspecified atom stereocenters. The van der Waals surface area contributed by atoms with Crippen LogP contribution >= 0.6 is 0 Å². The maximum atomic E-state index is 13.9. The van der Waals surface area contributed by atoms with Gasteiger partial charge in [0, 0.05) is 11.6 Å². The van der Waals surface area contributed by atoms with Gasteiger partial charge in [0.25, 0.3) is 0 Å². The fourth-order valence-electron chi connectivity index (χ4n) is 2.08. The zero-order chi connectivity index (χ0) is 17.2. The van der Waals surface area contributed by atoms with Crippen molar-refractivity contribution in [3.05, 3.63) is 53.2 Å². The van der Waals surface area contributed by atoms with Crippen LogP contribution in [0.4, 0.5) is 27.8 Å². The molecule has 0 radical (unpaired) electrons.